The van der Waals surface area contributed by atoms with Gasteiger partial charge in [0.15, 0.2) is 0 Å². The average Bonchev–Trinajstić information content (AvgIpc) is 2.74. The zero-order valence-electron chi connectivity index (χ0n) is 11.1. The summed E-state index contributed by atoms with van der Waals surface area (Å²) in [6, 6.07) is 0. The Morgan fingerprint density at radius 3 is 2.65 bits per heavy atom. The number of carbonyl (C=O) groups excluding carboxylic acids is 1. The van der Waals surface area contributed by atoms with Gasteiger partial charge in [-0.2, -0.15) is 5.10 Å². The van der Waals surface area contributed by atoms with Crippen LogP contribution >= 0.6 is 0 Å². The molecule has 1 saturated carbocycles. The first kappa shape index (κ1) is 12.1. The first-order valence-electron chi connectivity index (χ1n) is 6.24. The van der Waals surface area contributed by atoms with E-state index >= 15 is 0 Å². The molecule has 94 valence electrons. The molecule has 1 heterocycles. The summed E-state index contributed by atoms with van der Waals surface area (Å²) in [6.07, 6.45) is 3.28. The van der Waals surface area contributed by atoms with Gasteiger partial charge in [0, 0.05) is 5.92 Å². The summed E-state index contributed by atoms with van der Waals surface area (Å²) in [4.78, 5) is 12.3. The van der Waals surface area contributed by atoms with E-state index in [-0.39, 0.29) is 17.2 Å². The second-order valence-electron chi connectivity index (χ2n) is 5.73. The molecule has 2 rings (SSSR count). The molecule has 1 aliphatic carbocycles. The van der Waals surface area contributed by atoms with E-state index in [1.165, 1.54) is 0 Å². The highest BCUT2D eigenvalue weighted by atomic mass is 16.1. The fourth-order valence-electron chi connectivity index (χ4n) is 2.76. The molecule has 17 heavy (non-hydrogen) atoms. The maximum atomic E-state index is 12.3. The monoisotopic (exact) mass is 235 g/mol. The number of hydrogen-bond acceptors (Lipinski definition) is 2. The fraction of sp³-hybridized carbons (Fsp3) is 0.692. The lowest BCUT2D eigenvalue weighted by Crippen LogP contribution is -2.31. The van der Waals surface area contributed by atoms with Crippen LogP contribution in [0, 0.1) is 25.2 Å². The van der Waals surface area contributed by atoms with Crippen LogP contribution in [-0.4, -0.2) is 16.1 Å². The van der Waals surface area contributed by atoms with E-state index in [0.717, 1.165) is 36.3 Å². The zero-order valence-corrected chi connectivity index (χ0v) is 11.1. The largest absolute Gasteiger partial charge is 0.323 e. The topological polar surface area (TPSA) is 57.8 Å². The fourth-order valence-corrected chi connectivity index (χ4v) is 2.76. The van der Waals surface area contributed by atoms with Crippen LogP contribution in [-0.2, 0) is 4.79 Å². The van der Waals surface area contributed by atoms with Gasteiger partial charge in [0.05, 0.1) is 17.1 Å². The SMILES string of the molecule is Cc1n[nH]c(C)c1NC(=O)C1CCCC1(C)C. The molecule has 0 saturated heterocycles. The van der Waals surface area contributed by atoms with Gasteiger partial charge in [-0.15, -0.1) is 0 Å². The van der Waals surface area contributed by atoms with Crippen molar-refractivity contribution in [2.24, 2.45) is 11.3 Å². The molecule has 2 N–H and O–H groups in total. The average molecular weight is 235 g/mol. The van der Waals surface area contributed by atoms with Crippen LogP contribution in [0.2, 0.25) is 0 Å². The van der Waals surface area contributed by atoms with Gasteiger partial charge in [0.1, 0.15) is 0 Å². The van der Waals surface area contributed by atoms with Crippen molar-refractivity contribution in [2.45, 2.75) is 47.0 Å². The number of aryl methyl sites for hydroxylation is 2. The molecule has 0 radical (unpaired) electrons. The quantitative estimate of drug-likeness (QED) is 0.828. The number of nitrogens with one attached hydrogen (secondary N) is 2. The molecule has 0 bridgehead atoms. The van der Waals surface area contributed by atoms with Gasteiger partial charge in [-0.3, -0.25) is 9.89 Å². The lowest BCUT2D eigenvalue weighted by Gasteiger charge is -2.25. The summed E-state index contributed by atoms with van der Waals surface area (Å²) in [5, 5.41) is 10.0. The molecule has 1 fully saturated rings. The number of H-pyrrole nitrogens is 1. The summed E-state index contributed by atoms with van der Waals surface area (Å²) >= 11 is 0. The maximum Gasteiger partial charge on any atom is 0.228 e. The number of anilines is 1. The van der Waals surface area contributed by atoms with E-state index in [2.05, 4.69) is 29.4 Å². The smallest absolute Gasteiger partial charge is 0.228 e. The minimum Gasteiger partial charge on any atom is -0.323 e. The zero-order chi connectivity index (χ0) is 12.6. The standard InChI is InChI=1S/C13H21N3O/c1-8-11(9(2)16-15-8)14-12(17)10-6-5-7-13(10,3)4/h10H,5-7H2,1-4H3,(H,14,17)(H,15,16). The molecule has 1 aromatic rings. The Labute approximate surface area is 102 Å². The summed E-state index contributed by atoms with van der Waals surface area (Å²) < 4.78 is 0. The number of hydrogen-bond donors (Lipinski definition) is 2. The van der Waals surface area contributed by atoms with E-state index in [9.17, 15) is 4.79 Å². The van der Waals surface area contributed by atoms with Gasteiger partial charge in [-0.05, 0) is 32.1 Å². The van der Waals surface area contributed by atoms with Crippen LogP contribution in [0.5, 0.6) is 0 Å². The molecule has 1 amide bonds. The van der Waals surface area contributed by atoms with E-state index in [4.69, 9.17) is 0 Å². The Kier molecular flexibility index (Phi) is 2.98. The number of carbonyl (C=O) groups is 1. The van der Waals surface area contributed by atoms with Crippen LogP contribution in [0.4, 0.5) is 5.69 Å². The highest BCUT2D eigenvalue weighted by Crippen LogP contribution is 2.43. The molecule has 0 aliphatic heterocycles. The van der Waals surface area contributed by atoms with Crippen molar-refractivity contribution in [2.75, 3.05) is 5.32 Å². The first-order chi connectivity index (χ1) is 7.92. The molecule has 1 aromatic heterocycles. The van der Waals surface area contributed by atoms with Crippen molar-refractivity contribution in [3.05, 3.63) is 11.4 Å². The third kappa shape index (κ3) is 2.21. The number of aromatic nitrogens is 2. The first-order valence-corrected chi connectivity index (χ1v) is 6.24. The van der Waals surface area contributed by atoms with Crippen LogP contribution in [0.1, 0.15) is 44.5 Å². The van der Waals surface area contributed by atoms with Crippen molar-refractivity contribution in [1.29, 1.82) is 0 Å². The molecular weight excluding hydrogens is 214 g/mol. The predicted octanol–water partition coefficient (Wildman–Crippen LogP) is 2.79. The Morgan fingerprint density at radius 1 is 1.47 bits per heavy atom. The second kappa shape index (κ2) is 4.17. The summed E-state index contributed by atoms with van der Waals surface area (Å²) in [5.74, 6) is 0.260. The molecule has 4 heteroatoms. The third-order valence-electron chi connectivity index (χ3n) is 3.95. The Morgan fingerprint density at radius 2 is 2.18 bits per heavy atom. The Bertz CT molecular complexity index is 414. The highest BCUT2D eigenvalue weighted by molar-refractivity contribution is 5.94. The Balaban J connectivity index is 2.12. The number of nitrogens with zero attached hydrogens (tertiary/aromatic N) is 1. The van der Waals surface area contributed by atoms with Crippen molar-refractivity contribution < 1.29 is 4.79 Å². The normalized spacial score (nSPS) is 22.7. The van der Waals surface area contributed by atoms with Gasteiger partial charge in [0.2, 0.25) is 5.91 Å². The van der Waals surface area contributed by atoms with Gasteiger partial charge in [-0.1, -0.05) is 20.3 Å². The van der Waals surface area contributed by atoms with Crippen molar-refractivity contribution in [3.8, 4) is 0 Å². The molecule has 1 aliphatic rings. The lowest BCUT2D eigenvalue weighted by atomic mass is 9.81. The van der Waals surface area contributed by atoms with E-state index in [0.29, 0.717) is 0 Å². The molecule has 0 spiro atoms. The molecule has 1 atom stereocenters. The van der Waals surface area contributed by atoms with E-state index in [1.807, 2.05) is 13.8 Å². The van der Waals surface area contributed by atoms with E-state index < -0.39 is 0 Å². The van der Waals surface area contributed by atoms with Gasteiger partial charge in [0.25, 0.3) is 0 Å². The number of amides is 1. The number of aromatic amines is 1. The van der Waals surface area contributed by atoms with Gasteiger partial charge in [-0.25, -0.2) is 0 Å². The Hall–Kier alpha value is -1.32. The molecule has 1 unspecified atom stereocenters. The van der Waals surface area contributed by atoms with Crippen LogP contribution in [0.25, 0.3) is 0 Å². The lowest BCUT2D eigenvalue weighted by molar-refractivity contribution is -0.122. The van der Waals surface area contributed by atoms with Gasteiger partial charge >= 0.3 is 0 Å². The minimum absolute atomic E-state index is 0.121. The summed E-state index contributed by atoms with van der Waals surface area (Å²) in [6.45, 7) is 8.19. The van der Waals surface area contributed by atoms with Crippen LogP contribution < -0.4 is 5.32 Å². The number of rotatable bonds is 2. The highest BCUT2D eigenvalue weighted by Gasteiger charge is 2.39. The van der Waals surface area contributed by atoms with Crippen LogP contribution in [0.3, 0.4) is 0 Å². The second-order valence-corrected chi connectivity index (χ2v) is 5.73. The molecule has 4 nitrogen and oxygen atoms in total. The molecular formula is C13H21N3O. The van der Waals surface area contributed by atoms with Crippen molar-refractivity contribution in [3.63, 3.8) is 0 Å². The van der Waals surface area contributed by atoms with E-state index in [1.54, 1.807) is 0 Å². The third-order valence-corrected chi connectivity index (χ3v) is 3.95. The predicted molar refractivity (Wildman–Crippen MR) is 67.8 cm³/mol. The molecule has 0 aromatic carbocycles. The minimum atomic E-state index is 0.121. The summed E-state index contributed by atoms with van der Waals surface area (Å²) in [5.41, 5.74) is 2.74. The maximum absolute atomic E-state index is 12.3. The summed E-state index contributed by atoms with van der Waals surface area (Å²) in [7, 11) is 0. The van der Waals surface area contributed by atoms with Crippen molar-refractivity contribution >= 4 is 11.6 Å². The van der Waals surface area contributed by atoms with Crippen molar-refractivity contribution in [1.82, 2.24) is 10.2 Å². The van der Waals surface area contributed by atoms with Crippen LogP contribution in [0.15, 0.2) is 0 Å². The van der Waals surface area contributed by atoms with Gasteiger partial charge < -0.3 is 5.32 Å².